The summed E-state index contributed by atoms with van der Waals surface area (Å²) in [4.78, 5) is 30.6. The number of carboxylic acid groups (broad SMARTS) is 1. The summed E-state index contributed by atoms with van der Waals surface area (Å²) >= 11 is 0. The molecule has 1 aliphatic carbocycles. The first kappa shape index (κ1) is 41.2. The fourth-order valence-electron chi connectivity index (χ4n) is 5.27. The highest BCUT2D eigenvalue weighted by atomic mass is 32.2. The molecule has 1 amide bonds. The maximum Gasteiger partial charge on any atom is 0.490 e. The van der Waals surface area contributed by atoms with Crippen LogP contribution < -0.4 is 20.7 Å². The van der Waals surface area contributed by atoms with Crippen molar-refractivity contribution in [2.45, 2.75) is 89.3 Å². The Bertz CT molecular complexity index is 1720. The van der Waals surface area contributed by atoms with E-state index in [9.17, 15) is 26.4 Å². The number of amides is 1. The number of carboxylic acids is 1. The number of hydrogen-bond acceptors (Lipinski definition) is 9. The number of para-hydroxylation sites is 1. The van der Waals surface area contributed by atoms with Gasteiger partial charge in [0.2, 0.25) is 16.0 Å². The first-order chi connectivity index (χ1) is 23.6. The van der Waals surface area contributed by atoms with Crippen molar-refractivity contribution in [3.8, 4) is 0 Å². The Balaban J connectivity index is 0.000000908. The molecule has 0 unspecified atom stereocenters. The number of fused-ring (bicyclic) bond motifs is 1. The van der Waals surface area contributed by atoms with Crippen LogP contribution in [0.5, 0.6) is 0 Å². The third-order valence-electron chi connectivity index (χ3n) is 8.04. The monoisotopic (exact) mass is 738 g/mol. The third kappa shape index (κ3) is 13.8. The lowest BCUT2D eigenvalue weighted by molar-refractivity contribution is -0.192. The number of carbonyl (C=O) groups is 2. The fourth-order valence-corrected chi connectivity index (χ4v) is 6.39. The molecule has 1 fully saturated rings. The number of rotatable bonds is 11. The summed E-state index contributed by atoms with van der Waals surface area (Å²) in [6, 6.07) is 15.0. The summed E-state index contributed by atoms with van der Waals surface area (Å²) in [5.41, 5.74) is 1.37. The maximum absolute atomic E-state index is 12.9. The molecule has 1 aliphatic rings. The van der Waals surface area contributed by atoms with E-state index in [1.807, 2.05) is 57.2 Å². The fraction of sp³-hybridized carbons (Fsp3) is 0.543. The average molecular weight is 739 g/mol. The lowest BCUT2D eigenvalue weighted by atomic mass is 9.82. The summed E-state index contributed by atoms with van der Waals surface area (Å²) in [6.45, 7) is 13.9. The number of ether oxygens (including phenoxy) is 1. The first-order valence-corrected chi connectivity index (χ1v) is 18.2. The van der Waals surface area contributed by atoms with Crippen LogP contribution in [-0.4, -0.2) is 73.5 Å². The molecular weight excluding hydrogens is 689 g/mol. The highest BCUT2D eigenvalue weighted by molar-refractivity contribution is 7.89. The largest absolute Gasteiger partial charge is 0.490 e. The number of anilines is 2. The summed E-state index contributed by atoms with van der Waals surface area (Å²) < 4.78 is 65.6. The van der Waals surface area contributed by atoms with Crippen LogP contribution >= 0.6 is 0 Å². The number of alkyl halides is 3. The molecule has 2 aromatic carbocycles. The number of alkyl carbamates (subject to hydrolysis) is 1. The number of nitrogens with zero attached hydrogens (tertiary/aromatic N) is 2. The van der Waals surface area contributed by atoms with Gasteiger partial charge in [0.25, 0.3) is 0 Å². The van der Waals surface area contributed by atoms with Crippen molar-refractivity contribution < 1.29 is 41.0 Å². The van der Waals surface area contributed by atoms with E-state index in [-0.39, 0.29) is 5.41 Å². The van der Waals surface area contributed by atoms with E-state index >= 15 is 0 Å². The smallest absolute Gasteiger partial charge is 0.475 e. The van der Waals surface area contributed by atoms with Gasteiger partial charge in [-0.1, -0.05) is 45.0 Å². The molecule has 282 valence electrons. The van der Waals surface area contributed by atoms with Gasteiger partial charge in [-0.05, 0) is 93.5 Å². The van der Waals surface area contributed by atoms with Gasteiger partial charge < -0.3 is 25.8 Å². The van der Waals surface area contributed by atoms with Gasteiger partial charge in [0, 0.05) is 31.6 Å². The van der Waals surface area contributed by atoms with Gasteiger partial charge in [0.15, 0.2) is 0 Å². The van der Waals surface area contributed by atoms with Crippen LogP contribution in [0.4, 0.5) is 29.7 Å². The highest BCUT2D eigenvalue weighted by Gasteiger charge is 2.38. The van der Waals surface area contributed by atoms with Crippen LogP contribution in [0.1, 0.15) is 72.8 Å². The van der Waals surface area contributed by atoms with Crippen molar-refractivity contribution >= 4 is 44.8 Å². The number of halogens is 3. The molecule has 1 aromatic heterocycles. The highest BCUT2D eigenvalue weighted by Crippen LogP contribution is 2.30. The minimum Gasteiger partial charge on any atom is -0.475 e. The normalized spacial score (nSPS) is 16.8. The van der Waals surface area contributed by atoms with Gasteiger partial charge in [-0.2, -0.15) is 18.2 Å². The molecule has 4 rings (SSSR count). The van der Waals surface area contributed by atoms with Gasteiger partial charge in [-0.3, -0.25) is 0 Å². The number of nitrogens with one attached hydrogen (secondary N) is 4. The second kappa shape index (κ2) is 17.4. The second-order valence-electron chi connectivity index (χ2n) is 14.5. The molecule has 5 N–H and O–H groups in total. The van der Waals surface area contributed by atoms with Crippen LogP contribution in [0.15, 0.2) is 53.4 Å². The molecule has 0 bridgehead atoms. The van der Waals surface area contributed by atoms with Gasteiger partial charge in [-0.15, -0.1) is 0 Å². The molecule has 1 saturated carbocycles. The predicted octanol–water partition coefficient (Wildman–Crippen LogP) is 6.69. The van der Waals surface area contributed by atoms with Crippen molar-refractivity contribution in [2.24, 2.45) is 11.8 Å². The van der Waals surface area contributed by atoms with E-state index in [2.05, 4.69) is 41.4 Å². The Labute approximate surface area is 297 Å². The molecule has 0 aliphatic heterocycles. The van der Waals surface area contributed by atoms with Crippen LogP contribution in [-0.2, 0) is 25.0 Å². The Hall–Kier alpha value is -4.18. The molecule has 12 nitrogen and oxygen atoms in total. The zero-order valence-electron chi connectivity index (χ0n) is 29.9. The molecule has 51 heavy (non-hydrogen) atoms. The predicted molar refractivity (Wildman–Crippen MR) is 190 cm³/mol. The van der Waals surface area contributed by atoms with Gasteiger partial charge in [-0.25, -0.2) is 27.7 Å². The number of sulfonamides is 1. The summed E-state index contributed by atoms with van der Waals surface area (Å²) in [7, 11) is -3.54. The zero-order valence-corrected chi connectivity index (χ0v) is 30.7. The zero-order chi connectivity index (χ0) is 38.0. The van der Waals surface area contributed by atoms with Crippen molar-refractivity contribution in [3.63, 3.8) is 0 Å². The van der Waals surface area contributed by atoms with Crippen molar-refractivity contribution in [1.82, 2.24) is 20.0 Å². The van der Waals surface area contributed by atoms with Gasteiger partial charge in [0.05, 0.1) is 10.4 Å². The molecule has 0 radical (unpaired) electrons. The average Bonchev–Trinajstić information content (AvgIpc) is 3.04. The van der Waals surface area contributed by atoms with Gasteiger partial charge in [0.1, 0.15) is 11.4 Å². The minimum absolute atomic E-state index is 0.0228. The Morgan fingerprint density at radius 1 is 0.843 bits per heavy atom. The van der Waals surface area contributed by atoms with Crippen molar-refractivity contribution in [1.29, 1.82) is 0 Å². The molecule has 0 spiro atoms. The van der Waals surface area contributed by atoms with E-state index < -0.39 is 33.9 Å². The molecule has 3 aromatic rings. The van der Waals surface area contributed by atoms with E-state index in [4.69, 9.17) is 24.6 Å². The maximum atomic E-state index is 12.9. The summed E-state index contributed by atoms with van der Waals surface area (Å²) in [6.07, 6.45) is -1.59. The standard InChI is InChI=1S/C33H48N6O4S.C2HF3O2/c1-32(2,3)25-15-17-26(18-16-25)44(41,42)37-22-24-13-11-23(12-14-24)21-36-30-38-28-10-8-7-9-27(28)29(39-30)34-19-20-35-31(40)43-33(4,5)6;3-2(4,5)1(6)7/h7-10,15-18,23-24,37H,11-14,19-22H2,1-6H3,(H,35,40)(H2,34,36,38,39);(H,6,7). The van der Waals surface area contributed by atoms with Gasteiger partial charge >= 0.3 is 18.2 Å². The minimum atomic E-state index is -5.08. The SMILES string of the molecule is CC(C)(C)OC(=O)NCCNc1nc(NCC2CCC(CNS(=O)(=O)c3ccc(C(C)(C)C)cc3)CC2)nc2ccccc12.O=C(O)C(F)(F)F. The Morgan fingerprint density at radius 3 is 1.96 bits per heavy atom. The van der Waals surface area contributed by atoms with Crippen LogP contribution in [0.25, 0.3) is 10.9 Å². The molecule has 1 heterocycles. The first-order valence-electron chi connectivity index (χ1n) is 16.8. The Morgan fingerprint density at radius 2 is 1.41 bits per heavy atom. The van der Waals surface area contributed by atoms with E-state index in [1.54, 1.807) is 12.1 Å². The van der Waals surface area contributed by atoms with Crippen molar-refractivity contribution in [3.05, 3.63) is 54.1 Å². The van der Waals surface area contributed by atoms with E-state index in [0.29, 0.717) is 48.1 Å². The topological polar surface area (TPSA) is 172 Å². The van der Waals surface area contributed by atoms with Crippen LogP contribution in [0, 0.1) is 11.8 Å². The van der Waals surface area contributed by atoms with E-state index in [1.165, 1.54) is 0 Å². The number of benzene rings is 2. The van der Waals surface area contributed by atoms with E-state index in [0.717, 1.165) is 48.7 Å². The summed E-state index contributed by atoms with van der Waals surface area (Å²) in [5.74, 6) is -0.728. The number of carbonyl (C=O) groups excluding carboxylic acids is 1. The number of aromatic nitrogens is 2. The van der Waals surface area contributed by atoms with Crippen LogP contribution in [0.2, 0.25) is 0 Å². The number of hydrogen-bond donors (Lipinski definition) is 5. The molecule has 0 atom stereocenters. The Kier molecular flexibility index (Phi) is 14.0. The lowest BCUT2D eigenvalue weighted by Crippen LogP contribution is -2.35. The second-order valence-corrected chi connectivity index (χ2v) is 16.2. The van der Waals surface area contributed by atoms with Crippen LogP contribution in [0.3, 0.4) is 0 Å². The quantitative estimate of drug-likeness (QED) is 0.134. The lowest BCUT2D eigenvalue weighted by Gasteiger charge is -2.28. The molecular formula is C35H49F3N6O6S. The molecule has 0 saturated heterocycles. The third-order valence-corrected chi connectivity index (χ3v) is 9.48. The van der Waals surface area contributed by atoms with Crippen molar-refractivity contribution in [2.75, 3.05) is 36.8 Å². The number of aliphatic carboxylic acids is 1. The summed E-state index contributed by atoms with van der Waals surface area (Å²) in [5, 5.41) is 17.5. The molecule has 16 heteroatoms.